The molecule has 1 aromatic carbocycles. The van der Waals surface area contributed by atoms with E-state index in [1.807, 2.05) is 0 Å². The van der Waals surface area contributed by atoms with Gasteiger partial charge < -0.3 is 14.7 Å². The lowest BCUT2D eigenvalue weighted by Gasteiger charge is -2.40. The minimum Gasteiger partial charge on any atom is -0.393 e. The number of nitrogens with zero attached hydrogens (tertiary/aromatic N) is 1. The van der Waals surface area contributed by atoms with Crippen molar-refractivity contribution in [3.8, 4) is 0 Å². The number of benzene rings is 1. The number of rotatable bonds is 4. The number of aliphatic hydroxyl groups is 1. The van der Waals surface area contributed by atoms with E-state index in [0.29, 0.717) is 19.8 Å². The van der Waals surface area contributed by atoms with Crippen molar-refractivity contribution in [3.05, 3.63) is 35.4 Å². The van der Waals surface area contributed by atoms with Crippen LogP contribution in [0.3, 0.4) is 0 Å². The molecule has 1 amide bonds. The minimum atomic E-state index is -0.890. The van der Waals surface area contributed by atoms with Gasteiger partial charge in [0.25, 0.3) is 0 Å². The molecule has 1 aliphatic carbocycles. The molecule has 1 aliphatic heterocycles. The van der Waals surface area contributed by atoms with Gasteiger partial charge in [-0.15, -0.1) is 0 Å². The first kappa shape index (κ1) is 17.3. The third kappa shape index (κ3) is 3.59. The van der Waals surface area contributed by atoms with Crippen molar-refractivity contribution in [2.45, 2.75) is 44.2 Å². The maximum absolute atomic E-state index is 13.7. The highest BCUT2D eigenvalue weighted by Crippen LogP contribution is 2.32. The van der Waals surface area contributed by atoms with Crippen LogP contribution in [0.1, 0.15) is 31.2 Å². The highest BCUT2D eigenvalue weighted by molar-refractivity contribution is 5.77. The second-order valence-corrected chi connectivity index (χ2v) is 6.60. The summed E-state index contributed by atoms with van der Waals surface area (Å²) in [6, 6.07) is 3.90. The molecule has 132 valence electrons. The number of halogens is 2. The van der Waals surface area contributed by atoms with E-state index in [2.05, 4.69) is 0 Å². The zero-order chi connectivity index (χ0) is 17.1. The minimum absolute atomic E-state index is 0.0418. The van der Waals surface area contributed by atoms with Gasteiger partial charge in [0.15, 0.2) is 11.6 Å². The number of ether oxygens (including phenoxy) is 1. The average Bonchev–Trinajstić information content (AvgIpc) is 3.02. The molecule has 0 unspecified atom stereocenters. The lowest BCUT2D eigenvalue weighted by atomic mass is 9.93. The topological polar surface area (TPSA) is 49.8 Å². The van der Waals surface area contributed by atoms with Crippen LogP contribution in [0.5, 0.6) is 0 Å². The van der Waals surface area contributed by atoms with Gasteiger partial charge >= 0.3 is 0 Å². The van der Waals surface area contributed by atoms with E-state index < -0.39 is 17.7 Å². The molecule has 0 aromatic heterocycles. The molecular weight excluding hydrogens is 316 g/mol. The first-order chi connectivity index (χ1) is 11.6. The second kappa shape index (κ2) is 7.57. The summed E-state index contributed by atoms with van der Waals surface area (Å²) in [5.74, 6) is -1.82. The fraction of sp³-hybridized carbons (Fsp3) is 0.611. The van der Waals surface area contributed by atoms with E-state index in [1.54, 1.807) is 4.90 Å². The Morgan fingerprint density at radius 2 is 2.17 bits per heavy atom. The van der Waals surface area contributed by atoms with Crippen LogP contribution in [-0.2, 0) is 16.0 Å². The summed E-state index contributed by atoms with van der Waals surface area (Å²) >= 11 is 0. The Labute approximate surface area is 140 Å². The van der Waals surface area contributed by atoms with Crippen molar-refractivity contribution in [1.82, 2.24) is 4.90 Å². The van der Waals surface area contributed by atoms with Crippen LogP contribution >= 0.6 is 0 Å². The molecule has 4 nitrogen and oxygen atoms in total. The van der Waals surface area contributed by atoms with Crippen molar-refractivity contribution in [2.24, 2.45) is 5.92 Å². The lowest BCUT2D eigenvalue weighted by Crippen LogP contribution is -2.53. The second-order valence-electron chi connectivity index (χ2n) is 6.60. The van der Waals surface area contributed by atoms with Gasteiger partial charge in [-0.25, -0.2) is 8.78 Å². The summed E-state index contributed by atoms with van der Waals surface area (Å²) in [6.07, 6.45) is 2.50. The van der Waals surface area contributed by atoms with E-state index in [4.69, 9.17) is 4.74 Å². The van der Waals surface area contributed by atoms with Crippen molar-refractivity contribution in [2.75, 3.05) is 19.8 Å². The maximum Gasteiger partial charge on any atom is 0.223 e. The third-order valence-electron chi connectivity index (χ3n) is 5.15. The Bertz CT molecular complexity index is 596. The van der Waals surface area contributed by atoms with Gasteiger partial charge in [0.1, 0.15) is 0 Å². The Morgan fingerprint density at radius 1 is 1.33 bits per heavy atom. The normalized spacial score (nSPS) is 27.5. The Hall–Kier alpha value is -1.53. The standard InChI is InChI=1S/C18H23F2NO3/c19-14-5-1-3-12(18(14)20)7-8-17(23)21-9-10-24-11-15(21)13-4-2-6-16(13)22/h1,3,5,13,15-16,22H,2,4,6-11H2/t13-,15+,16-/m0/s1. The Morgan fingerprint density at radius 3 is 2.92 bits per heavy atom. The molecule has 1 aromatic rings. The molecule has 6 heteroatoms. The van der Waals surface area contributed by atoms with E-state index in [9.17, 15) is 18.7 Å². The highest BCUT2D eigenvalue weighted by Gasteiger charge is 2.39. The van der Waals surface area contributed by atoms with Gasteiger partial charge in [0.2, 0.25) is 5.91 Å². The summed E-state index contributed by atoms with van der Waals surface area (Å²) in [6.45, 7) is 1.39. The molecule has 1 heterocycles. The molecule has 3 atom stereocenters. The lowest BCUT2D eigenvalue weighted by molar-refractivity contribution is -0.143. The van der Waals surface area contributed by atoms with E-state index in [-0.39, 0.29) is 36.3 Å². The van der Waals surface area contributed by atoms with Crippen molar-refractivity contribution < 1.29 is 23.4 Å². The van der Waals surface area contributed by atoms with Gasteiger partial charge in [0.05, 0.1) is 25.4 Å². The van der Waals surface area contributed by atoms with Crippen molar-refractivity contribution >= 4 is 5.91 Å². The molecule has 0 radical (unpaired) electrons. The summed E-state index contributed by atoms with van der Waals surface area (Å²) < 4.78 is 32.5. The first-order valence-electron chi connectivity index (χ1n) is 8.56. The van der Waals surface area contributed by atoms with Gasteiger partial charge in [-0.3, -0.25) is 4.79 Å². The molecule has 3 rings (SSSR count). The van der Waals surface area contributed by atoms with Crippen LogP contribution in [0.4, 0.5) is 8.78 Å². The SMILES string of the molecule is O=C(CCc1cccc(F)c1F)N1CCOC[C@@H]1[C@@H]1CCC[C@@H]1O. The number of morpholine rings is 1. The molecule has 0 spiro atoms. The van der Waals surface area contributed by atoms with Crippen LogP contribution < -0.4 is 0 Å². The van der Waals surface area contributed by atoms with Gasteiger partial charge in [-0.05, 0) is 30.9 Å². The number of carbonyl (C=O) groups is 1. The monoisotopic (exact) mass is 339 g/mol. The van der Waals surface area contributed by atoms with E-state index in [1.165, 1.54) is 12.1 Å². The highest BCUT2D eigenvalue weighted by atomic mass is 19.2. The van der Waals surface area contributed by atoms with Crippen LogP contribution in [0.2, 0.25) is 0 Å². The fourth-order valence-corrected chi connectivity index (χ4v) is 3.83. The van der Waals surface area contributed by atoms with Crippen LogP contribution in [0, 0.1) is 17.6 Å². The average molecular weight is 339 g/mol. The quantitative estimate of drug-likeness (QED) is 0.916. The first-order valence-corrected chi connectivity index (χ1v) is 8.56. The van der Waals surface area contributed by atoms with Crippen molar-refractivity contribution in [1.29, 1.82) is 0 Å². The van der Waals surface area contributed by atoms with Gasteiger partial charge in [-0.1, -0.05) is 18.6 Å². The number of aryl methyl sites for hydroxylation is 1. The third-order valence-corrected chi connectivity index (χ3v) is 5.15. The smallest absolute Gasteiger partial charge is 0.223 e. The van der Waals surface area contributed by atoms with Crippen LogP contribution in [0.15, 0.2) is 18.2 Å². The van der Waals surface area contributed by atoms with Gasteiger partial charge in [-0.2, -0.15) is 0 Å². The summed E-state index contributed by atoms with van der Waals surface area (Å²) in [4.78, 5) is 14.4. The van der Waals surface area contributed by atoms with Gasteiger partial charge in [0, 0.05) is 18.9 Å². The van der Waals surface area contributed by atoms with E-state index >= 15 is 0 Å². The number of carbonyl (C=O) groups excluding carboxylic acids is 1. The maximum atomic E-state index is 13.7. The molecule has 2 aliphatic rings. The predicted octanol–water partition coefficient (Wildman–Crippen LogP) is 2.29. The van der Waals surface area contributed by atoms with Crippen LogP contribution in [-0.4, -0.2) is 47.8 Å². The van der Waals surface area contributed by atoms with Crippen molar-refractivity contribution in [3.63, 3.8) is 0 Å². The number of amides is 1. The molecule has 1 N–H and O–H groups in total. The summed E-state index contributed by atoms with van der Waals surface area (Å²) in [5.41, 5.74) is 0.217. The molecule has 1 saturated carbocycles. The molecule has 24 heavy (non-hydrogen) atoms. The number of aliphatic hydroxyl groups excluding tert-OH is 1. The summed E-state index contributed by atoms with van der Waals surface area (Å²) in [7, 11) is 0. The largest absolute Gasteiger partial charge is 0.393 e. The molecule has 1 saturated heterocycles. The predicted molar refractivity (Wildman–Crippen MR) is 84.3 cm³/mol. The molecular formula is C18H23F2NO3. The Balaban J connectivity index is 1.65. The fourth-order valence-electron chi connectivity index (χ4n) is 3.83. The van der Waals surface area contributed by atoms with E-state index in [0.717, 1.165) is 25.3 Å². The molecule has 2 fully saturated rings. The summed E-state index contributed by atoms with van der Waals surface area (Å²) in [5, 5.41) is 10.1. The zero-order valence-corrected chi connectivity index (χ0v) is 13.6. The zero-order valence-electron chi connectivity index (χ0n) is 13.6. The molecule has 0 bridgehead atoms. The Kier molecular flexibility index (Phi) is 5.46. The number of hydrogen-bond acceptors (Lipinski definition) is 3. The number of hydrogen-bond donors (Lipinski definition) is 1. The van der Waals surface area contributed by atoms with Crippen LogP contribution in [0.25, 0.3) is 0 Å².